The van der Waals surface area contributed by atoms with Crippen molar-refractivity contribution in [1.29, 1.82) is 0 Å². The monoisotopic (exact) mass is 256 g/mol. The number of aldehydes is 1. The van der Waals surface area contributed by atoms with Gasteiger partial charge in [-0.15, -0.1) is 0 Å². The van der Waals surface area contributed by atoms with E-state index in [1.54, 1.807) is 0 Å². The third-order valence-corrected chi connectivity index (χ3v) is 2.94. The Labute approximate surface area is 107 Å². The molecule has 0 aromatic rings. The molecule has 2 aliphatic rings. The van der Waals surface area contributed by atoms with Gasteiger partial charge in [-0.1, -0.05) is 11.6 Å². The largest absolute Gasteiger partial charge is 0.368 e. The fourth-order valence-electron chi connectivity index (χ4n) is 2.13. The lowest BCUT2D eigenvalue weighted by Gasteiger charge is -2.23. The van der Waals surface area contributed by atoms with E-state index < -0.39 is 24.3 Å². The lowest BCUT2D eigenvalue weighted by Crippen LogP contribution is -2.37. The second-order valence-electron chi connectivity index (χ2n) is 5.28. The number of rotatable bonds is 4. The van der Waals surface area contributed by atoms with Gasteiger partial charge in [0.05, 0.1) is 6.61 Å². The second-order valence-corrected chi connectivity index (χ2v) is 5.28. The summed E-state index contributed by atoms with van der Waals surface area (Å²) in [5.74, 6) is -0.693. The molecule has 2 rings (SSSR count). The molecular weight excluding hydrogens is 236 g/mol. The van der Waals surface area contributed by atoms with Gasteiger partial charge in [0.2, 0.25) is 0 Å². The van der Waals surface area contributed by atoms with Crippen LogP contribution in [-0.4, -0.2) is 43.3 Å². The number of hydrogen-bond acceptors (Lipinski definition) is 5. The van der Waals surface area contributed by atoms with Crippen LogP contribution in [0.3, 0.4) is 0 Å². The number of carbonyl (C=O) groups excluding carboxylic acids is 1. The zero-order valence-corrected chi connectivity index (χ0v) is 11.2. The summed E-state index contributed by atoms with van der Waals surface area (Å²) in [6.45, 7) is 8.06. The highest BCUT2D eigenvalue weighted by atomic mass is 16.8. The van der Waals surface area contributed by atoms with Gasteiger partial charge < -0.3 is 23.7 Å². The fraction of sp³-hybridized carbons (Fsp3) is 0.769. The first-order chi connectivity index (χ1) is 8.43. The topological polar surface area (TPSA) is 54.0 Å². The van der Waals surface area contributed by atoms with E-state index in [2.05, 4.69) is 0 Å². The average molecular weight is 256 g/mol. The average Bonchev–Trinajstić information content (AvgIpc) is 2.71. The van der Waals surface area contributed by atoms with Crippen LogP contribution >= 0.6 is 0 Å². The molecular formula is C13H20O5. The summed E-state index contributed by atoms with van der Waals surface area (Å²) in [6.07, 6.45) is 0.792. The molecule has 0 N–H and O–H groups in total. The molecule has 2 aliphatic heterocycles. The Bertz CT molecular complexity index is 345. The van der Waals surface area contributed by atoms with Crippen LogP contribution in [0, 0.1) is 0 Å². The molecule has 0 unspecified atom stereocenters. The molecule has 2 saturated heterocycles. The highest BCUT2D eigenvalue weighted by molar-refractivity contribution is 5.58. The molecule has 5 nitrogen and oxygen atoms in total. The van der Waals surface area contributed by atoms with Gasteiger partial charge in [0.25, 0.3) is 0 Å². The standard InChI is InChI=1S/C13H20O5/c1-8(2)5-6-15-10-9(7-14)16-12-11(10)17-13(3,4)18-12/h5,7,9-12H,6H2,1-4H3/t9-,10+,11-,12-/m1/s1. The van der Waals surface area contributed by atoms with E-state index in [9.17, 15) is 4.79 Å². The third-order valence-electron chi connectivity index (χ3n) is 2.94. The van der Waals surface area contributed by atoms with E-state index in [4.69, 9.17) is 18.9 Å². The number of carbonyl (C=O) groups is 1. The minimum atomic E-state index is -0.693. The summed E-state index contributed by atoms with van der Waals surface area (Å²) in [6, 6.07) is 0. The Morgan fingerprint density at radius 3 is 2.67 bits per heavy atom. The Hall–Kier alpha value is -0.750. The van der Waals surface area contributed by atoms with Crippen molar-refractivity contribution in [2.24, 2.45) is 0 Å². The van der Waals surface area contributed by atoms with Gasteiger partial charge in [-0.05, 0) is 27.7 Å². The predicted molar refractivity (Wildman–Crippen MR) is 63.9 cm³/mol. The van der Waals surface area contributed by atoms with Crippen molar-refractivity contribution in [3.05, 3.63) is 11.6 Å². The molecule has 0 aromatic heterocycles. The Balaban J connectivity index is 2.01. The molecule has 0 amide bonds. The summed E-state index contributed by atoms with van der Waals surface area (Å²) in [5, 5.41) is 0. The molecule has 0 spiro atoms. The molecule has 18 heavy (non-hydrogen) atoms. The van der Waals surface area contributed by atoms with Crippen molar-refractivity contribution in [3.63, 3.8) is 0 Å². The lowest BCUT2D eigenvalue weighted by molar-refractivity contribution is -0.214. The summed E-state index contributed by atoms with van der Waals surface area (Å²) >= 11 is 0. The van der Waals surface area contributed by atoms with Crippen LogP contribution in [0.1, 0.15) is 27.7 Å². The van der Waals surface area contributed by atoms with Gasteiger partial charge >= 0.3 is 0 Å². The number of allylic oxidation sites excluding steroid dienone is 1. The maximum absolute atomic E-state index is 11.0. The van der Waals surface area contributed by atoms with Crippen molar-refractivity contribution in [3.8, 4) is 0 Å². The second kappa shape index (κ2) is 5.09. The van der Waals surface area contributed by atoms with Gasteiger partial charge in [-0.25, -0.2) is 0 Å². The van der Waals surface area contributed by atoms with E-state index >= 15 is 0 Å². The Morgan fingerprint density at radius 1 is 1.33 bits per heavy atom. The van der Waals surface area contributed by atoms with E-state index in [1.807, 2.05) is 33.8 Å². The quantitative estimate of drug-likeness (QED) is 0.562. The first-order valence-electron chi connectivity index (χ1n) is 6.14. The van der Waals surface area contributed by atoms with E-state index in [0.29, 0.717) is 6.61 Å². The predicted octanol–water partition coefficient (Wildman–Crippen LogP) is 1.41. The number of ether oxygens (including phenoxy) is 4. The molecule has 2 heterocycles. The summed E-state index contributed by atoms with van der Waals surface area (Å²) in [4.78, 5) is 11.0. The molecule has 2 fully saturated rings. The molecule has 0 radical (unpaired) electrons. The molecule has 4 atom stereocenters. The number of hydrogen-bond donors (Lipinski definition) is 0. The Kier molecular flexibility index (Phi) is 3.87. The molecule has 5 heteroatoms. The highest BCUT2D eigenvalue weighted by Gasteiger charge is 2.55. The van der Waals surface area contributed by atoms with Crippen LogP contribution in [0.5, 0.6) is 0 Å². The summed E-state index contributed by atoms with van der Waals surface area (Å²) in [7, 11) is 0. The van der Waals surface area contributed by atoms with Gasteiger partial charge in [-0.3, -0.25) is 0 Å². The van der Waals surface area contributed by atoms with E-state index in [0.717, 1.165) is 11.9 Å². The minimum Gasteiger partial charge on any atom is -0.368 e. The van der Waals surface area contributed by atoms with Crippen molar-refractivity contribution in [2.45, 2.75) is 58.1 Å². The van der Waals surface area contributed by atoms with E-state index in [1.165, 1.54) is 0 Å². The summed E-state index contributed by atoms with van der Waals surface area (Å²) < 4.78 is 22.5. The van der Waals surface area contributed by atoms with Gasteiger partial charge in [0.15, 0.2) is 18.4 Å². The van der Waals surface area contributed by atoms with Crippen LogP contribution in [0.2, 0.25) is 0 Å². The van der Waals surface area contributed by atoms with Gasteiger partial charge in [0.1, 0.15) is 18.3 Å². The van der Waals surface area contributed by atoms with Gasteiger partial charge in [0, 0.05) is 0 Å². The van der Waals surface area contributed by atoms with Crippen LogP contribution in [0.4, 0.5) is 0 Å². The highest BCUT2D eigenvalue weighted by Crippen LogP contribution is 2.38. The zero-order chi connectivity index (χ0) is 13.3. The summed E-state index contributed by atoms with van der Waals surface area (Å²) in [5.41, 5.74) is 1.16. The first kappa shape index (κ1) is 13.7. The molecule has 102 valence electrons. The maximum Gasteiger partial charge on any atom is 0.190 e. The van der Waals surface area contributed by atoms with Gasteiger partial charge in [-0.2, -0.15) is 0 Å². The Morgan fingerprint density at radius 2 is 2.06 bits per heavy atom. The van der Waals surface area contributed by atoms with Crippen LogP contribution in [0.15, 0.2) is 11.6 Å². The molecule has 0 bridgehead atoms. The van der Waals surface area contributed by atoms with Crippen molar-refractivity contribution in [1.82, 2.24) is 0 Å². The smallest absolute Gasteiger partial charge is 0.190 e. The maximum atomic E-state index is 11.0. The molecule has 0 saturated carbocycles. The van der Waals surface area contributed by atoms with Crippen LogP contribution < -0.4 is 0 Å². The number of fused-ring (bicyclic) bond motifs is 1. The molecule has 0 aliphatic carbocycles. The minimum absolute atomic E-state index is 0.347. The van der Waals surface area contributed by atoms with Crippen molar-refractivity contribution >= 4 is 6.29 Å². The van der Waals surface area contributed by atoms with Crippen molar-refractivity contribution < 1.29 is 23.7 Å². The first-order valence-corrected chi connectivity index (χ1v) is 6.14. The van der Waals surface area contributed by atoms with Crippen molar-refractivity contribution in [2.75, 3.05) is 6.61 Å². The zero-order valence-electron chi connectivity index (χ0n) is 11.2. The SMILES string of the molecule is CC(C)=CCO[C@@H]1[C@H]2OC(C)(C)O[C@H]2O[C@@H]1C=O. The van der Waals surface area contributed by atoms with E-state index in [-0.39, 0.29) is 6.10 Å². The molecule has 0 aromatic carbocycles. The normalized spacial score (nSPS) is 37.3. The lowest BCUT2D eigenvalue weighted by atomic mass is 10.1. The fourth-order valence-corrected chi connectivity index (χ4v) is 2.13. The van der Waals surface area contributed by atoms with Crippen LogP contribution in [0.25, 0.3) is 0 Å². The van der Waals surface area contributed by atoms with Crippen LogP contribution in [-0.2, 0) is 23.7 Å². The third kappa shape index (κ3) is 2.80.